The topological polar surface area (TPSA) is 46.3 Å². The maximum atomic E-state index is 12.0. The van der Waals surface area contributed by atoms with Gasteiger partial charge in [-0.05, 0) is 23.8 Å². The number of piperidine rings is 1. The van der Waals surface area contributed by atoms with Gasteiger partial charge in [0.2, 0.25) is 5.91 Å². The lowest BCUT2D eigenvalue weighted by atomic mass is 9.94. The van der Waals surface area contributed by atoms with Crippen molar-refractivity contribution in [2.75, 3.05) is 13.1 Å². The average Bonchev–Trinajstić information content (AvgIpc) is 2.74. The standard InChI is InChI=1S/C12H18N2OS.ClH/c1-9-8-14(5-4-11(9)13)12(15)7-10-3-2-6-16-10;/h2-3,6,9,11H,4-5,7-8,13H2,1H3;1H. The third-order valence-electron chi connectivity index (χ3n) is 3.23. The van der Waals surface area contributed by atoms with E-state index < -0.39 is 0 Å². The van der Waals surface area contributed by atoms with Crippen molar-refractivity contribution >= 4 is 29.7 Å². The van der Waals surface area contributed by atoms with Gasteiger partial charge in [-0.25, -0.2) is 0 Å². The van der Waals surface area contributed by atoms with E-state index in [2.05, 4.69) is 6.92 Å². The Labute approximate surface area is 112 Å². The first kappa shape index (κ1) is 14.5. The van der Waals surface area contributed by atoms with E-state index in [1.807, 2.05) is 22.4 Å². The lowest BCUT2D eigenvalue weighted by molar-refractivity contribution is -0.132. The van der Waals surface area contributed by atoms with Crippen LogP contribution in [0.25, 0.3) is 0 Å². The molecule has 0 aliphatic carbocycles. The molecular weight excluding hydrogens is 256 g/mol. The van der Waals surface area contributed by atoms with Gasteiger partial charge in [0.05, 0.1) is 6.42 Å². The summed E-state index contributed by atoms with van der Waals surface area (Å²) in [5.41, 5.74) is 5.94. The SMILES string of the molecule is CC1CN(C(=O)Cc2cccs2)CCC1N.Cl. The lowest BCUT2D eigenvalue weighted by Gasteiger charge is -2.35. The number of hydrogen-bond donors (Lipinski definition) is 1. The molecule has 3 nitrogen and oxygen atoms in total. The summed E-state index contributed by atoms with van der Waals surface area (Å²) in [6.07, 6.45) is 1.47. The van der Waals surface area contributed by atoms with Gasteiger partial charge in [-0.15, -0.1) is 23.7 Å². The number of halogens is 1. The van der Waals surface area contributed by atoms with Crippen LogP contribution >= 0.6 is 23.7 Å². The number of rotatable bonds is 2. The molecule has 0 radical (unpaired) electrons. The summed E-state index contributed by atoms with van der Waals surface area (Å²) in [6.45, 7) is 3.75. The third kappa shape index (κ3) is 3.69. The molecular formula is C12H19ClN2OS. The van der Waals surface area contributed by atoms with Crippen LogP contribution in [0, 0.1) is 5.92 Å². The molecule has 1 aliphatic rings. The van der Waals surface area contributed by atoms with Crippen LogP contribution in [-0.2, 0) is 11.2 Å². The summed E-state index contributed by atoms with van der Waals surface area (Å²) in [5, 5.41) is 2.01. The Bertz CT molecular complexity index is 355. The summed E-state index contributed by atoms with van der Waals surface area (Å²) in [4.78, 5) is 15.1. The van der Waals surface area contributed by atoms with Crippen molar-refractivity contribution in [3.8, 4) is 0 Å². The molecule has 2 heterocycles. The molecule has 2 rings (SSSR count). The van der Waals surface area contributed by atoms with E-state index in [0.717, 1.165) is 24.4 Å². The maximum Gasteiger partial charge on any atom is 0.227 e. The molecule has 17 heavy (non-hydrogen) atoms. The highest BCUT2D eigenvalue weighted by atomic mass is 35.5. The van der Waals surface area contributed by atoms with E-state index >= 15 is 0 Å². The molecule has 0 spiro atoms. The number of carbonyl (C=O) groups is 1. The van der Waals surface area contributed by atoms with Crippen molar-refractivity contribution in [3.63, 3.8) is 0 Å². The molecule has 1 aliphatic heterocycles. The van der Waals surface area contributed by atoms with Crippen molar-refractivity contribution < 1.29 is 4.79 Å². The van der Waals surface area contributed by atoms with Crippen LogP contribution in [0.3, 0.4) is 0 Å². The average molecular weight is 275 g/mol. The lowest BCUT2D eigenvalue weighted by Crippen LogP contribution is -2.48. The number of hydrogen-bond acceptors (Lipinski definition) is 3. The van der Waals surface area contributed by atoms with Crippen LogP contribution in [0.4, 0.5) is 0 Å². The van der Waals surface area contributed by atoms with Crippen LogP contribution in [0.15, 0.2) is 17.5 Å². The molecule has 2 unspecified atom stereocenters. The molecule has 0 aromatic carbocycles. The number of nitrogens with two attached hydrogens (primary N) is 1. The number of carbonyl (C=O) groups excluding carboxylic acids is 1. The van der Waals surface area contributed by atoms with Crippen molar-refractivity contribution in [2.45, 2.75) is 25.8 Å². The molecule has 1 amide bonds. The Morgan fingerprint density at radius 3 is 3.00 bits per heavy atom. The summed E-state index contributed by atoms with van der Waals surface area (Å²) < 4.78 is 0. The number of thiophene rings is 1. The minimum Gasteiger partial charge on any atom is -0.342 e. The van der Waals surface area contributed by atoms with Crippen molar-refractivity contribution in [1.82, 2.24) is 4.90 Å². The highest BCUT2D eigenvalue weighted by Gasteiger charge is 2.26. The predicted octanol–water partition coefficient (Wildman–Crippen LogP) is 1.91. The molecule has 1 saturated heterocycles. The second kappa shape index (κ2) is 6.38. The molecule has 1 fully saturated rings. The summed E-state index contributed by atoms with van der Waals surface area (Å²) in [6, 6.07) is 4.26. The van der Waals surface area contributed by atoms with Gasteiger partial charge in [-0.2, -0.15) is 0 Å². The van der Waals surface area contributed by atoms with Crippen LogP contribution < -0.4 is 5.73 Å². The van der Waals surface area contributed by atoms with E-state index in [0.29, 0.717) is 12.3 Å². The van der Waals surface area contributed by atoms with Gasteiger partial charge in [0.25, 0.3) is 0 Å². The highest BCUT2D eigenvalue weighted by molar-refractivity contribution is 7.10. The van der Waals surface area contributed by atoms with Gasteiger partial charge < -0.3 is 10.6 Å². The zero-order valence-electron chi connectivity index (χ0n) is 9.96. The highest BCUT2D eigenvalue weighted by Crippen LogP contribution is 2.17. The molecule has 5 heteroatoms. The zero-order chi connectivity index (χ0) is 11.5. The molecule has 96 valence electrons. The number of amides is 1. The first-order valence-electron chi connectivity index (χ1n) is 5.72. The Kier molecular flexibility index (Phi) is 5.43. The minimum atomic E-state index is 0. The normalized spacial score (nSPS) is 24.2. The molecule has 1 aromatic heterocycles. The Morgan fingerprint density at radius 1 is 1.65 bits per heavy atom. The smallest absolute Gasteiger partial charge is 0.227 e. The molecule has 0 saturated carbocycles. The van der Waals surface area contributed by atoms with E-state index in [1.165, 1.54) is 0 Å². The molecule has 2 N–H and O–H groups in total. The molecule has 0 bridgehead atoms. The van der Waals surface area contributed by atoms with Crippen LogP contribution in [0.5, 0.6) is 0 Å². The Morgan fingerprint density at radius 2 is 2.41 bits per heavy atom. The van der Waals surface area contributed by atoms with Gasteiger partial charge >= 0.3 is 0 Å². The van der Waals surface area contributed by atoms with Crippen molar-refractivity contribution in [2.24, 2.45) is 11.7 Å². The van der Waals surface area contributed by atoms with Crippen molar-refractivity contribution in [3.05, 3.63) is 22.4 Å². The number of nitrogens with zero attached hydrogens (tertiary/aromatic N) is 1. The summed E-state index contributed by atoms with van der Waals surface area (Å²) >= 11 is 1.64. The second-order valence-electron chi connectivity index (χ2n) is 4.53. The van der Waals surface area contributed by atoms with Crippen molar-refractivity contribution in [1.29, 1.82) is 0 Å². The van der Waals surface area contributed by atoms with Gasteiger partial charge in [0, 0.05) is 24.0 Å². The van der Waals surface area contributed by atoms with Gasteiger partial charge in [-0.1, -0.05) is 13.0 Å². The fourth-order valence-corrected chi connectivity index (χ4v) is 2.76. The third-order valence-corrected chi connectivity index (χ3v) is 4.11. The fourth-order valence-electron chi connectivity index (χ4n) is 2.06. The second-order valence-corrected chi connectivity index (χ2v) is 5.56. The number of likely N-dealkylation sites (tertiary alicyclic amines) is 1. The van der Waals surface area contributed by atoms with Crippen LogP contribution in [-0.4, -0.2) is 29.9 Å². The van der Waals surface area contributed by atoms with E-state index in [9.17, 15) is 4.79 Å². The summed E-state index contributed by atoms with van der Waals surface area (Å²) in [5.74, 6) is 0.655. The largest absolute Gasteiger partial charge is 0.342 e. The monoisotopic (exact) mass is 274 g/mol. The predicted molar refractivity (Wildman–Crippen MR) is 73.6 cm³/mol. The molecule has 1 aromatic rings. The zero-order valence-corrected chi connectivity index (χ0v) is 11.6. The Balaban J connectivity index is 0.00000144. The van der Waals surface area contributed by atoms with E-state index in [4.69, 9.17) is 5.73 Å². The van der Waals surface area contributed by atoms with Gasteiger partial charge in [-0.3, -0.25) is 4.79 Å². The summed E-state index contributed by atoms with van der Waals surface area (Å²) in [7, 11) is 0. The quantitative estimate of drug-likeness (QED) is 0.895. The minimum absolute atomic E-state index is 0. The fraction of sp³-hybridized carbons (Fsp3) is 0.583. The maximum absolute atomic E-state index is 12.0. The van der Waals surface area contributed by atoms with E-state index in [1.54, 1.807) is 11.3 Å². The molecule has 2 atom stereocenters. The van der Waals surface area contributed by atoms with E-state index in [-0.39, 0.29) is 24.4 Å². The Hall–Kier alpha value is -0.580. The van der Waals surface area contributed by atoms with Gasteiger partial charge in [0.15, 0.2) is 0 Å². The first-order valence-corrected chi connectivity index (χ1v) is 6.60. The van der Waals surface area contributed by atoms with Gasteiger partial charge in [0.1, 0.15) is 0 Å². The van der Waals surface area contributed by atoms with Crippen LogP contribution in [0.2, 0.25) is 0 Å². The van der Waals surface area contributed by atoms with Crippen LogP contribution in [0.1, 0.15) is 18.2 Å². The first-order chi connectivity index (χ1) is 7.66.